The number of ether oxygens (including phenoxy) is 1. The van der Waals surface area contributed by atoms with E-state index in [1.54, 1.807) is 0 Å². The standard InChI is InChI=1S/C30H32N2O3/c1-3-27(29(33)31-24-7-5-4-6-8-24)35-25-16-15-21-17-18-32(30(34)23-13-14-23)28(26(21)19-25)22-11-9-20(2)10-12-22/h4-12,15-16,19,23,27-28H,3,13-14,17-18H2,1-2H3,(H,31,33)/t27-,28+/m1/s1. The molecule has 5 heteroatoms. The van der Waals surface area contributed by atoms with E-state index in [1.165, 1.54) is 11.1 Å². The van der Waals surface area contributed by atoms with Gasteiger partial charge in [0.25, 0.3) is 5.91 Å². The maximum Gasteiger partial charge on any atom is 0.265 e. The number of nitrogens with one attached hydrogen (secondary N) is 1. The molecule has 1 aliphatic heterocycles. The number of amides is 2. The number of hydrogen-bond acceptors (Lipinski definition) is 3. The third-order valence-electron chi connectivity index (χ3n) is 6.93. The van der Waals surface area contributed by atoms with Gasteiger partial charge in [-0.25, -0.2) is 0 Å². The van der Waals surface area contributed by atoms with Crippen molar-refractivity contribution in [2.24, 2.45) is 5.92 Å². The Bertz CT molecular complexity index is 1200. The monoisotopic (exact) mass is 468 g/mol. The Morgan fingerprint density at radius 3 is 2.46 bits per heavy atom. The topological polar surface area (TPSA) is 58.6 Å². The molecule has 0 unspecified atom stereocenters. The van der Waals surface area contributed by atoms with Crippen molar-refractivity contribution in [1.82, 2.24) is 4.90 Å². The van der Waals surface area contributed by atoms with Crippen LogP contribution in [-0.4, -0.2) is 29.4 Å². The van der Waals surface area contributed by atoms with Crippen LogP contribution < -0.4 is 10.1 Å². The highest BCUT2D eigenvalue weighted by Crippen LogP contribution is 2.41. The van der Waals surface area contributed by atoms with Gasteiger partial charge in [-0.15, -0.1) is 0 Å². The summed E-state index contributed by atoms with van der Waals surface area (Å²) in [6.45, 7) is 4.74. The Labute approximate surface area is 207 Å². The van der Waals surface area contributed by atoms with Gasteiger partial charge in [-0.3, -0.25) is 9.59 Å². The first-order chi connectivity index (χ1) is 17.0. The molecular formula is C30H32N2O3. The van der Waals surface area contributed by atoms with Crippen LogP contribution in [0.4, 0.5) is 5.69 Å². The van der Waals surface area contributed by atoms with Gasteiger partial charge in [0, 0.05) is 18.2 Å². The van der Waals surface area contributed by atoms with Crippen LogP contribution in [0.2, 0.25) is 0 Å². The van der Waals surface area contributed by atoms with Crippen LogP contribution >= 0.6 is 0 Å². The van der Waals surface area contributed by atoms with Crippen molar-refractivity contribution in [2.45, 2.75) is 51.7 Å². The van der Waals surface area contributed by atoms with Crippen molar-refractivity contribution in [2.75, 3.05) is 11.9 Å². The molecule has 0 spiro atoms. The van der Waals surface area contributed by atoms with Gasteiger partial charge in [0.05, 0.1) is 6.04 Å². The lowest BCUT2D eigenvalue weighted by molar-refractivity contribution is -0.134. The van der Waals surface area contributed by atoms with Crippen molar-refractivity contribution in [3.8, 4) is 5.75 Å². The highest BCUT2D eigenvalue weighted by molar-refractivity contribution is 5.94. The number of anilines is 1. The van der Waals surface area contributed by atoms with Crippen LogP contribution in [0.5, 0.6) is 5.75 Å². The Morgan fingerprint density at radius 1 is 1.03 bits per heavy atom. The fraction of sp³-hybridized carbons (Fsp3) is 0.333. The molecule has 0 saturated heterocycles. The third-order valence-corrected chi connectivity index (χ3v) is 6.93. The van der Waals surface area contributed by atoms with Crippen LogP contribution in [0, 0.1) is 12.8 Å². The molecule has 0 bridgehead atoms. The zero-order valence-corrected chi connectivity index (χ0v) is 20.4. The van der Waals surface area contributed by atoms with E-state index >= 15 is 0 Å². The molecule has 1 aliphatic carbocycles. The summed E-state index contributed by atoms with van der Waals surface area (Å²) >= 11 is 0. The summed E-state index contributed by atoms with van der Waals surface area (Å²) in [4.78, 5) is 28.2. The summed E-state index contributed by atoms with van der Waals surface area (Å²) in [5.41, 5.74) is 5.36. The van der Waals surface area contributed by atoms with E-state index in [2.05, 4.69) is 42.6 Å². The summed E-state index contributed by atoms with van der Waals surface area (Å²) in [5.74, 6) is 0.894. The van der Waals surface area contributed by atoms with Crippen LogP contribution in [-0.2, 0) is 16.0 Å². The van der Waals surface area contributed by atoms with Gasteiger partial charge >= 0.3 is 0 Å². The fourth-order valence-electron chi connectivity index (χ4n) is 4.81. The maximum atomic E-state index is 13.2. The Balaban J connectivity index is 1.43. The van der Waals surface area contributed by atoms with Gasteiger partial charge in [-0.05, 0) is 73.6 Å². The van der Waals surface area contributed by atoms with Gasteiger partial charge in [0.1, 0.15) is 5.75 Å². The molecule has 3 aromatic rings. The number of nitrogens with zero attached hydrogens (tertiary/aromatic N) is 1. The SMILES string of the molecule is CC[C@@H](Oc1ccc2c(c1)[C@H](c1ccc(C)cc1)N(C(=O)C1CC1)CC2)C(=O)Nc1ccccc1. The number of fused-ring (bicyclic) bond motifs is 1. The molecular weight excluding hydrogens is 436 g/mol. The summed E-state index contributed by atoms with van der Waals surface area (Å²) in [5, 5.41) is 2.94. The van der Waals surface area contributed by atoms with Gasteiger partial charge < -0.3 is 15.0 Å². The normalized spacial score (nSPS) is 17.9. The number of benzene rings is 3. The summed E-state index contributed by atoms with van der Waals surface area (Å²) < 4.78 is 6.21. The lowest BCUT2D eigenvalue weighted by Crippen LogP contribution is -2.41. The largest absolute Gasteiger partial charge is 0.481 e. The number of para-hydroxylation sites is 1. The van der Waals surface area contributed by atoms with Crippen LogP contribution in [0.25, 0.3) is 0 Å². The first-order valence-electron chi connectivity index (χ1n) is 12.6. The van der Waals surface area contributed by atoms with E-state index in [-0.39, 0.29) is 23.8 Å². The van der Waals surface area contributed by atoms with Gasteiger partial charge in [0.2, 0.25) is 5.91 Å². The molecule has 35 heavy (non-hydrogen) atoms. The number of aryl methyl sites for hydroxylation is 1. The Kier molecular flexibility index (Phi) is 6.58. The molecule has 2 amide bonds. The minimum absolute atomic E-state index is 0.144. The first kappa shape index (κ1) is 23.2. The lowest BCUT2D eigenvalue weighted by atomic mass is 9.87. The molecule has 0 aromatic heterocycles. The van der Waals surface area contributed by atoms with Crippen molar-refractivity contribution >= 4 is 17.5 Å². The highest BCUT2D eigenvalue weighted by atomic mass is 16.5. The molecule has 1 N–H and O–H groups in total. The molecule has 2 atom stereocenters. The quantitative estimate of drug-likeness (QED) is 0.486. The van der Waals surface area contributed by atoms with E-state index in [4.69, 9.17) is 4.74 Å². The number of rotatable bonds is 7. The van der Waals surface area contributed by atoms with Crippen LogP contribution in [0.15, 0.2) is 72.8 Å². The second kappa shape index (κ2) is 9.95. The fourth-order valence-corrected chi connectivity index (χ4v) is 4.81. The molecule has 0 radical (unpaired) electrons. The second-order valence-electron chi connectivity index (χ2n) is 9.60. The predicted octanol–water partition coefficient (Wildman–Crippen LogP) is 5.68. The molecule has 1 saturated carbocycles. The summed E-state index contributed by atoms with van der Waals surface area (Å²) in [6.07, 6.45) is 2.73. The van der Waals surface area contributed by atoms with E-state index in [0.29, 0.717) is 12.2 Å². The van der Waals surface area contributed by atoms with E-state index < -0.39 is 6.10 Å². The van der Waals surface area contributed by atoms with E-state index in [0.717, 1.165) is 42.6 Å². The number of carbonyl (C=O) groups excluding carboxylic acids is 2. The molecule has 180 valence electrons. The van der Waals surface area contributed by atoms with Crippen molar-refractivity contribution in [3.05, 3.63) is 95.1 Å². The molecule has 1 heterocycles. The van der Waals surface area contributed by atoms with Crippen LogP contribution in [0.1, 0.15) is 54.5 Å². The smallest absolute Gasteiger partial charge is 0.265 e. The molecule has 5 rings (SSSR count). The number of hydrogen-bond donors (Lipinski definition) is 1. The first-order valence-corrected chi connectivity index (χ1v) is 12.6. The van der Waals surface area contributed by atoms with Crippen molar-refractivity contribution in [1.29, 1.82) is 0 Å². The van der Waals surface area contributed by atoms with Gasteiger partial charge in [0.15, 0.2) is 6.10 Å². The average Bonchev–Trinajstić information content (AvgIpc) is 3.73. The van der Waals surface area contributed by atoms with Gasteiger partial charge in [-0.1, -0.05) is 61.0 Å². The summed E-state index contributed by atoms with van der Waals surface area (Å²) in [7, 11) is 0. The minimum Gasteiger partial charge on any atom is -0.481 e. The highest BCUT2D eigenvalue weighted by Gasteiger charge is 2.39. The maximum absolute atomic E-state index is 13.2. The average molecular weight is 469 g/mol. The van der Waals surface area contributed by atoms with Crippen LogP contribution in [0.3, 0.4) is 0 Å². The van der Waals surface area contributed by atoms with E-state index in [1.807, 2.05) is 54.3 Å². The Morgan fingerprint density at radius 2 is 1.77 bits per heavy atom. The zero-order chi connectivity index (χ0) is 24.4. The molecule has 2 aliphatic rings. The minimum atomic E-state index is -0.612. The number of carbonyl (C=O) groups is 2. The molecule has 1 fully saturated rings. The third kappa shape index (κ3) is 5.09. The zero-order valence-electron chi connectivity index (χ0n) is 20.4. The van der Waals surface area contributed by atoms with Crippen molar-refractivity contribution in [3.63, 3.8) is 0 Å². The second-order valence-corrected chi connectivity index (χ2v) is 9.60. The lowest BCUT2D eigenvalue weighted by Gasteiger charge is -2.38. The molecule has 3 aromatic carbocycles. The Hall–Kier alpha value is -3.60. The van der Waals surface area contributed by atoms with Crippen molar-refractivity contribution < 1.29 is 14.3 Å². The summed E-state index contributed by atoms with van der Waals surface area (Å²) in [6, 6.07) is 23.8. The predicted molar refractivity (Wildman–Crippen MR) is 137 cm³/mol. The molecule has 5 nitrogen and oxygen atoms in total. The van der Waals surface area contributed by atoms with E-state index in [9.17, 15) is 9.59 Å². The van der Waals surface area contributed by atoms with Gasteiger partial charge in [-0.2, -0.15) is 0 Å².